The molecule has 30 heavy (non-hydrogen) atoms. The van der Waals surface area contributed by atoms with Gasteiger partial charge in [0.05, 0.1) is 6.04 Å². The van der Waals surface area contributed by atoms with Gasteiger partial charge < -0.3 is 15.2 Å². The standard InChI is InChI=1S/C21H27ClF3NO4/c1-20(2,3)14-5-4-12(10-15(14)22)11-16(27)17(13-6-8-30-9-7-13)26-19(29)18(28)21(23,24)25/h4-5,10,13,17-18,28H,6-9,11H2,1-3H3,(H,26,29)/t17-,18?/m1/s1. The van der Waals surface area contributed by atoms with Gasteiger partial charge in [-0.3, -0.25) is 9.59 Å². The maximum Gasteiger partial charge on any atom is 0.423 e. The van der Waals surface area contributed by atoms with Crippen molar-refractivity contribution in [3.8, 4) is 0 Å². The maximum absolute atomic E-state index is 13.0. The fourth-order valence-electron chi connectivity index (χ4n) is 3.48. The SMILES string of the molecule is CC(C)(C)c1ccc(CC(=O)[C@H](NC(=O)C(O)C(F)(F)F)C2CCOCC2)cc1Cl. The number of nitrogens with one attached hydrogen (secondary N) is 1. The zero-order valence-corrected chi connectivity index (χ0v) is 17.9. The molecule has 0 spiro atoms. The molecule has 5 nitrogen and oxygen atoms in total. The van der Waals surface area contributed by atoms with E-state index in [0.29, 0.717) is 36.6 Å². The van der Waals surface area contributed by atoms with E-state index in [0.717, 1.165) is 5.56 Å². The van der Waals surface area contributed by atoms with Crippen molar-refractivity contribution >= 4 is 23.3 Å². The van der Waals surface area contributed by atoms with Crippen LogP contribution in [0.1, 0.15) is 44.7 Å². The lowest BCUT2D eigenvalue weighted by atomic mass is 9.84. The summed E-state index contributed by atoms with van der Waals surface area (Å²) in [7, 11) is 0. The third-order valence-electron chi connectivity index (χ3n) is 5.16. The number of Topliss-reactive ketones (excluding diaryl/α,β-unsaturated/α-hetero) is 1. The fourth-order valence-corrected chi connectivity index (χ4v) is 3.97. The first-order valence-corrected chi connectivity index (χ1v) is 10.1. The van der Waals surface area contributed by atoms with Crippen molar-refractivity contribution in [2.75, 3.05) is 13.2 Å². The van der Waals surface area contributed by atoms with E-state index in [1.54, 1.807) is 12.1 Å². The van der Waals surface area contributed by atoms with Crippen LogP contribution in [-0.4, -0.2) is 48.3 Å². The van der Waals surface area contributed by atoms with Gasteiger partial charge in [-0.1, -0.05) is 44.5 Å². The van der Waals surface area contributed by atoms with Gasteiger partial charge in [-0.25, -0.2) is 0 Å². The van der Waals surface area contributed by atoms with Crippen LogP contribution in [0.25, 0.3) is 0 Å². The average Bonchev–Trinajstić information content (AvgIpc) is 2.64. The van der Waals surface area contributed by atoms with Crippen LogP contribution < -0.4 is 5.32 Å². The summed E-state index contributed by atoms with van der Waals surface area (Å²) in [5, 5.41) is 11.8. The smallest absolute Gasteiger partial charge is 0.381 e. The first-order chi connectivity index (χ1) is 13.8. The number of benzene rings is 1. The predicted molar refractivity (Wildman–Crippen MR) is 106 cm³/mol. The van der Waals surface area contributed by atoms with Gasteiger partial charge in [-0.2, -0.15) is 13.2 Å². The number of carbonyl (C=O) groups is 2. The Balaban J connectivity index is 2.20. The predicted octanol–water partition coefficient (Wildman–Crippen LogP) is 3.58. The number of hydrogen-bond donors (Lipinski definition) is 2. The molecular formula is C21H27ClF3NO4. The Morgan fingerprint density at radius 1 is 1.23 bits per heavy atom. The summed E-state index contributed by atoms with van der Waals surface area (Å²) in [6.07, 6.45) is -7.56. The van der Waals surface area contributed by atoms with E-state index in [2.05, 4.69) is 5.32 Å². The molecular weight excluding hydrogens is 423 g/mol. The van der Waals surface area contributed by atoms with E-state index < -0.39 is 30.0 Å². The molecule has 1 aliphatic heterocycles. The Bertz CT molecular complexity index is 770. The summed E-state index contributed by atoms with van der Waals surface area (Å²) >= 11 is 6.35. The molecule has 2 N–H and O–H groups in total. The van der Waals surface area contributed by atoms with Gasteiger partial charge in [0.2, 0.25) is 6.10 Å². The van der Waals surface area contributed by atoms with Crippen molar-refractivity contribution in [2.45, 2.75) is 63.8 Å². The fraction of sp³-hybridized carbons (Fsp3) is 0.619. The van der Waals surface area contributed by atoms with E-state index in [1.807, 2.05) is 26.8 Å². The molecule has 0 radical (unpaired) electrons. The minimum atomic E-state index is -5.11. The normalized spacial score (nSPS) is 18.0. The molecule has 0 saturated carbocycles. The third kappa shape index (κ3) is 6.43. The molecule has 0 aromatic heterocycles. The van der Waals surface area contributed by atoms with Crippen molar-refractivity contribution in [3.05, 3.63) is 34.3 Å². The van der Waals surface area contributed by atoms with Crippen molar-refractivity contribution < 1.29 is 32.6 Å². The summed E-state index contributed by atoms with van der Waals surface area (Å²) < 4.78 is 43.3. The van der Waals surface area contributed by atoms with Crippen LogP contribution in [0.15, 0.2) is 18.2 Å². The number of rotatable bonds is 6. The second-order valence-corrected chi connectivity index (χ2v) is 8.99. The molecule has 1 saturated heterocycles. The Morgan fingerprint density at radius 3 is 2.33 bits per heavy atom. The molecule has 1 aromatic carbocycles. The summed E-state index contributed by atoms with van der Waals surface area (Å²) in [5.74, 6) is -2.45. The molecule has 1 amide bonds. The number of aliphatic hydroxyl groups excluding tert-OH is 1. The summed E-state index contributed by atoms with van der Waals surface area (Å²) in [6, 6.07) is 4.07. The summed E-state index contributed by atoms with van der Waals surface area (Å²) in [4.78, 5) is 24.9. The van der Waals surface area contributed by atoms with Crippen LogP contribution in [-0.2, 0) is 26.2 Å². The van der Waals surface area contributed by atoms with E-state index in [9.17, 15) is 27.9 Å². The molecule has 0 aliphatic carbocycles. The lowest BCUT2D eigenvalue weighted by molar-refractivity contribution is -0.205. The van der Waals surface area contributed by atoms with Gasteiger partial charge >= 0.3 is 6.18 Å². The average molecular weight is 450 g/mol. The van der Waals surface area contributed by atoms with Gasteiger partial charge in [-0.05, 0) is 41.4 Å². The number of ether oxygens (including phenoxy) is 1. The lowest BCUT2D eigenvalue weighted by Gasteiger charge is -2.31. The second kappa shape index (κ2) is 9.66. The number of aliphatic hydroxyl groups is 1. The summed E-state index contributed by atoms with van der Waals surface area (Å²) in [6.45, 7) is 6.70. The second-order valence-electron chi connectivity index (χ2n) is 8.59. The zero-order valence-electron chi connectivity index (χ0n) is 17.2. The Labute approximate surface area is 178 Å². The van der Waals surface area contributed by atoms with E-state index in [1.165, 1.54) is 0 Å². The molecule has 1 aromatic rings. The highest BCUT2D eigenvalue weighted by atomic mass is 35.5. The molecule has 1 fully saturated rings. The highest BCUT2D eigenvalue weighted by molar-refractivity contribution is 6.31. The molecule has 1 unspecified atom stereocenters. The molecule has 1 aliphatic rings. The Kier molecular flexibility index (Phi) is 7.93. The van der Waals surface area contributed by atoms with E-state index >= 15 is 0 Å². The monoisotopic (exact) mass is 449 g/mol. The minimum Gasteiger partial charge on any atom is -0.381 e. The number of amides is 1. The topological polar surface area (TPSA) is 75.6 Å². The van der Waals surface area contributed by atoms with Gasteiger partial charge in [0.1, 0.15) is 0 Å². The molecule has 1 heterocycles. The van der Waals surface area contributed by atoms with Crippen LogP contribution in [0.4, 0.5) is 13.2 Å². The molecule has 2 rings (SSSR count). The maximum atomic E-state index is 13.0. The largest absolute Gasteiger partial charge is 0.423 e. The van der Waals surface area contributed by atoms with E-state index in [-0.39, 0.29) is 17.8 Å². The van der Waals surface area contributed by atoms with Crippen LogP contribution in [0, 0.1) is 5.92 Å². The summed E-state index contributed by atoms with van der Waals surface area (Å²) in [5.41, 5.74) is 1.31. The molecule has 9 heteroatoms. The van der Waals surface area contributed by atoms with Gasteiger partial charge in [0.25, 0.3) is 5.91 Å². The minimum absolute atomic E-state index is 0.103. The van der Waals surface area contributed by atoms with Crippen molar-refractivity contribution in [3.63, 3.8) is 0 Å². The van der Waals surface area contributed by atoms with Crippen LogP contribution in [0.2, 0.25) is 5.02 Å². The van der Waals surface area contributed by atoms with Crippen molar-refractivity contribution in [2.24, 2.45) is 5.92 Å². The highest BCUT2D eigenvalue weighted by Crippen LogP contribution is 2.30. The number of carbonyl (C=O) groups excluding carboxylic acids is 2. The first-order valence-electron chi connectivity index (χ1n) is 9.75. The van der Waals surface area contributed by atoms with Gasteiger partial charge in [-0.15, -0.1) is 0 Å². The van der Waals surface area contributed by atoms with Gasteiger partial charge in [0, 0.05) is 24.7 Å². The van der Waals surface area contributed by atoms with E-state index in [4.69, 9.17) is 16.3 Å². The van der Waals surface area contributed by atoms with Crippen LogP contribution in [0.3, 0.4) is 0 Å². The first kappa shape index (κ1) is 24.6. The lowest BCUT2D eigenvalue weighted by Crippen LogP contribution is -2.53. The molecule has 168 valence electrons. The molecule has 2 atom stereocenters. The zero-order chi connectivity index (χ0) is 22.7. The highest BCUT2D eigenvalue weighted by Gasteiger charge is 2.45. The Hall–Kier alpha value is -1.64. The quantitative estimate of drug-likeness (QED) is 0.696. The number of hydrogen-bond acceptors (Lipinski definition) is 4. The number of ketones is 1. The van der Waals surface area contributed by atoms with Crippen molar-refractivity contribution in [1.82, 2.24) is 5.32 Å². The van der Waals surface area contributed by atoms with Gasteiger partial charge in [0.15, 0.2) is 5.78 Å². The van der Waals surface area contributed by atoms with Crippen LogP contribution in [0.5, 0.6) is 0 Å². The number of alkyl halides is 3. The Morgan fingerprint density at radius 2 is 1.83 bits per heavy atom. The number of halogens is 4. The van der Waals surface area contributed by atoms with Crippen LogP contribution >= 0.6 is 11.6 Å². The van der Waals surface area contributed by atoms with Crippen molar-refractivity contribution in [1.29, 1.82) is 0 Å². The third-order valence-corrected chi connectivity index (χ3v) is 5.47. The molecule has 0 bridgehead atoms.